The van der Waals surface area contributed by atoms with Gasteiger partial charge in [-0.2, -0.15) is 20.6 Å². The van der Waals surface area contributed by atoms with E-state index in [2.05, 4.69) is 15.4 Å². The highest BCUT2D eigenvalue weighted by Gasteiger charge is 2.34. The van der Waals surface area contributed by atoms with E-state index in [0.717, 1.165) is 40.3 Å². The molecule has 7 N–H and O–H groups in total. The topological polar surface area (TPSA) is 230 Å². The molecule has 7 rings (SSSR count). The van der Waals surface area contributed by atoms with Crippen LogP contribution in [-0.2, 0) is 24.2 Å². The van der Waals surface area contributed by atoms with Gasteiger partial charge in [-0.05, 0) is 105 Å². The van der Waals surface area contributed by atoms with Crippen molar-refractivity contribution in [3.05, 3.63) is 136 Å². The number of quaternary nitrogens is 1. The molecule has 0 atom stereocenters. The number of carbonyl (C=O) groups is 3. The molecule has 0 saturated heterocycles. The second-order valence-electron chi connectivity index (χ2n) is 13.1. The van der Waals surface area contributed by atoms with Gasteiger partial charge in [0.15, 0.2) is 11.4 Å². The van der Waals surface area contributed by atoms with Gasteiger partial charge in [-0.1, -0.05) is 5.18 Å². The van der Waals surface area contributed by atoms with Crippen LogP contribution in [0.5, 0.6) is 11.5 Å². The Morgan fingerprint density at radius 1 is 0.897 bits per heavy atom. The first kappa shape index (κ1) is 40.3. The minimum atomic E-state index is -0.669. The molecular formula is C41H43N10O7+. The molecule has 1 aliphatic heterocycles. The Labute approximate surface area is 333 Å². The first-order valence-electron chi connectivity index (χ1n) is 18.1. The van der Waals surface area contributed by atoms with Crippen molar-refractivity contribution in [2.45, 2.75) is 26.3 Å². The molecule has 298 valence electrons. The number of nitroso groups, excluding NO2 is 1. The molecule has 58 heavy (non-hydrogen) atoms. The van der Waals surface area contributed by atoms with E-state index in [-0.39, 0.29) is 18.1 Å². The molecule has 17 heteroatoms. The van der Waals surface area contributed by atoms with Gasteiger partial charge >= 0.3 is 0 Å². The molecule has 3 amide bonds. The highest BCUT2D eigenvalue weighted by molar-refractivity contribution is 6.09. The summed E-state index contributed by atoms with van der Waals surface area (Å²) in [6.07, 6.45) is 1.77. The van der Waals surface area contributed by atoms with E-state index in [1.165, 1.54) is 4.68 Å². The van der Waals surface area contributed by atoms with Crippen LogP contribution in [0, 0.1) is 11.8 Å². The Morgan fingerprint density at radius 2 is 1.48 bits per heavy atom. The van der Waals surface area contributed by atoms with Crippen molar-refractivity contribution in [1.82, 2.24) is 19.6 Å². The van der Waals surface area contributed by atoms with Crippen LogP contribution in [0.15, 0.2) is 102 Å². The Morgan fingerprint density at radius 3 is 2.02 bits per heavy atom. The number of hydrogen-bond donors (Lipinski definition) is 4. The summed E-state index contributed by atoms with van der Waals surface area (Å²) in [4.78, 5) is 51.0. The molecule has 3 heterocycles. The molecule has 0 unspecified atom stereocenters. The summed E-state index contributed by atoms with van der Waals surface area (Å²) in [6.45, 7) is 2.74. The Kier molecular flexibility index (Phi) is 12.5. The molecule has 0 bridgehead atoms. The van der Waals surface area contributed by atoms with Crippen LogP contribution in [0.25, 0.3) is 11.4 Å². The van der Waals surface area contributed by atoms with Crippen molar-refractivity contribution >= 4 is 41.0 Å². The van der Waals surface area contributed by atoms with Gasteiger partial charge in [-0.25, -0.2) is 14.6 Å². The lowest BCUT2D eigenvalue weighted by Gasteiger charge is -2.27. The van der Waals surface area contributed by atoms with Crippen LogP contribution in [-0.4, -0.2) is 70.3 Å². The quantitative estimate of drug-likeness (QED) is 0.0536. The molecule has 2 aromatic heterocycles. The summed E-state index contributed by atoms with van der Waals surface area (Å²) in [6, 6.07) is 28.6. The van der Waals surface area contributed by atoms with Crippen LogP contribution in [0.2, 0.25) is 0 Å². The van der Waals surface area contributed by atoms with Crippen molar-refractivity contribution in [2.24, 2.45) is 10.9 Å². The first-order chi connectivity index (χ1) is 28.1. The lowest BCUT2D eigenvalue weighted by atomic mass is 10.0. The van der Waals surface area contributed by atoms with Crippen molar-refractivity contribution in [1.29, 1.82) is 0 Å². The number of aromatic nitrogens is 4. The zero-order valence-electron chi connectivity index (χ0n) is 32.1. The number of nitrogens with two attached hydrogens (primary N) is 3. The van der Waals surface area contributed by atoms with Crippen molar-refractivity contribution in [3.63, 3.8) is 0 Å². The maximum atomic E-state index is 13.4. The van der Waals surface area contributed by atoms with Crippen molar-refractivity contribution in [3.8, 4) is 22.9 Å². The van der Waals surface area contributed by atoms with E-state index in [1.807, 2.05) is 31.2 Å². The molecule has 0 spiro atoms. The lowest BCUT2D eigenvalue weighted by Crippen LogP contribution is -2.73. The number of carbonyl (C=O) groups excluding carboxylic acids is 3. The average molecular weight is 788 g/mol. The number of nitrogens with zero attached hydrogens (tertiary/aromatic N) is 7. The van der Waals surface area contributed by atoms with E-state index in [1.54, 1.807) is 101 Å². The summed E-state index contributed by atoms with van der Waals surface area (Å²) >= 11 is 0. The lowest BCUT2D eigenvalue weighted by molar-refractivity contribution is -0.825. The van der Waals surface area contributed by atoms with Gasteiger partial charge in [0.25, 0.3) is 11.8 Å². The predicted molar refractivity (Wildman–Crippen MR) is 216 cm³/mol. The van der Waals surface area contributed by atoms with Crippen molar-refractivity contribution < 1.29 is 34.5 Å². The largest absolute Gasteiger partial charge is 0.497 e. The number of fused-ring (bicyclic) bond motifs is 1. The fraction of sp³-hybridized carbons (Fsp3) is 0.195. The monoisotopic (exact) mass is 787 g/mol. The van der Waals surface area contributed by atoms with E-state index in [0.29, 0.717) is 71.4 Å². The highest BCUT2D eigenvalue weighted by atomic mass is 16.5. The summed E-state index contributed by atoms with van der Waals surface area (Å²) in [7, 11) is 3.18. The fourth-order valence-electron chi connectivity index (χ4n) is 6.68. The molecule has 4 aromatic carbocycles. The number of methoxy groups -OCH3 is 2. The minimum Gasteiger partial charge on any atom is -0.497 e. The number of hydrogen-bond acceptors (Lipinski definition) is 11. The number of rotatable bonds is 14. The number of nitrogen functional groups attached to an aromatic ring is 1. The summed E-state index contributed by atoms with van der Waals surface area (Å²) < 4.78 is 13.6. The summed E-state index contributed by atoms with van der Waals surface area (Å²) in [5, 5.41) is 21.0. The van der Waals surface area contributed by atoms with Crippen LogP contribution < -0.4 is 36.2 Å². The molecular weight excluding hydrogens is 745 g/mol. The Bertz CT molecular complexity index is 2390. The van der Waals surface area contributed by atoms with Crippen LogP contribution >= 0.6 is 0 Å². The summed E-state index contributed by atoms with van der Waals surface area (Å²) in [5.41, 5.74) is 19.8. The predicted octanol–water partition coefficient (Wildman–Crippen LogP) is 4.01. The van der Waals surface area contributed by atoms with Gasteiger partial charge < -0.3 is 30.7 Å². The van der Waals surface area contributed by atoms with Gasteiger partial charge in [-0.15, -0.1) is 0 Å². The van der Waals surface area contributed by atoms with Crippen LogP contribution in [0.1, 0.15) is 43.5 Å². The van der Waals surface area contributed by atoms with E-state index >= 15 is 0 Å². The Balaban J connectivity index is 0.000000196. The molecule has 0 aliphatic carbocycles. The smallest absolute Gasteiger partial charge is 0.277 e. The van der Waals surface area contributed by atoms with Gasteiger partial charge in [0, 0.05) is 59.1 Å². The third kappa shape index (κ3) is 8.54. The fourth-order valence-corrected chi connectivity index (χ4v) is 6.68. The maximum Gasteiger partial charge on any atom is 0.277 e. The minimum absolute atomic E-state index is 0.0255. The van der Waals surface area contributed by atoms with Crippen molar-refractivity contribution in [2.75, 3.05) is 42.8 Å². The Hall–Kier alpha value is -7.37. The van der Waals surface area contributed by atoms with Crippen LogP contribution in [0.3, 0.4) is 0 Å². The van der Waals surface area contributed by atoms with Gasteiger partial charge in [0.05, 0.1) is 31.3 Å². The zero-order chi connectivity index (χ0) is 41.3. The number of primary amides is 1. The third-order valence-electron chi connectivity index (χ3n) is 9.73. The highest BCUT2D eigenvalue weighted by Crippen LogP contribution is 2.30. The van der Waals surface area contributed by atoms with Crippen LogP contribution in [0.4, 0.5) is 22.7 Å². The number of amides is 3. The standard InChI is InChI=1S/C21H23N5O3.C20H19N5O4/c1-15-20(11-12-25(14-27)17-5-3-16(22)4-6-17)21(13-23-28)24-26(15)18-7-9-19(29-2)10-8-18;1-29-15-8-6-14(7-9-15)25-18-16(17(22-25)19(21)26)10-11-24(20(18)27)13-4-2-12(23-28)3-5-13/h3-10,14H,11-13,22H2,1-2H3;2-9,23,28H,10-11H2,1H3,(H2,21,26)/p+1. The maximum absolute atomic E-state index is 13.4. The summed E-state index contributed by atoms with van der Waals surface area (Å²) in [5.74, 6) is 0.470. The van der Waals surface area contributed by atoms with E-state index in [4.69, 9.17) is 26.1 Å². The molecule has 6 aromatic rings. The van der Waals surface area contributed by atoms with Gasteiger partial charge in [0.2, 0.25) is 6.41 Å². The normalized spacial score (nSPS) is 11.9. The average Bonchev–Trinajstić information content (AvgIpc) is 3.80. The molecule has 1 aliphatic rings. The second kappa shape index (κ2) is 18.1. The zero-order valence-corrected chi connectivity index (χ0v) is 32.1. The van der Waals surface area contributed by atoms with E-state index < -0.39 is 5.91 Å². The van der Waals surface area contributed by atoms with Gasteiger partial charge in [0.1, 0.15) is 23.7 Å². The first-order valence-corrected chi connectivity index (χ1v) is 18.1. The SMILES string of the molecule is COc1ccc(-n2nc(C(N)=O)c3c2C(=O)N(c2ccc([NH2+]O)cc2)CC3)cc1.COc1ccc(-n2nc(CN=O)c(CCN(C=O)c3ccc(N)cc3)c2C)cc1. The molecule has 0 radical (unpaired) electrons. The molecule has 0 saturated carbocycles. The van der Waals surface area contributed by atoms with Gasteiger partial charge in [-0.3, -0.25) is 14.4 Å². The number of anilines is 3. The third-order valence-corrected chi connectivity index (χ3v) is 9.73. The molecule has 0 fully saturated rings. The number of ether oxygens (including phenoxy) is 2. The van der Waals surface area contributed by atoms with E-state index in [9.17, 15) is 19.3 Å². The molecule has 17 nitrogen and oxygen atoms in total. The second-order valence-corrected chi connectivity index (χ2v) is 13.1. The number of benzene rings is 4.